The molecule has 0 atom stereocenters. The zero-order valence-electron chi connectivity index (χ0n) is 14.9. The molecule has 0 spiro atoms. The van der Waals surface area contributed by atoms with Crippen LogP contribution >= 0.6 is 11.3 Å². The largest absolute Gasteiger partial charge is 0.419 e. The van der Waals surface area contributed by atoms with Gasteiger partial charge in [-0.15, -0.1) is 0 Å². The van der Waals surface area contributed by atoms with Crippen molar-refractivity contribution in [2.75, 3.05) is 24.4 Å². The molecule has 2 N–H and O–H groups in total. The van der Waals surface area contributed by atoms with E-state index >= 15 is 0 Å². The molecule has 3 heterocycles. The molecule has 0 bridgehead atoms. The van der Waals surface area contributed by atoms with Crippen LogP contribution in [0.25, 0.3) is 0 Å². The SMILES string of the molecule is COCCc1nc(OC(=O)Nc2cccc(C)n2)c(Nc2cccnc2)s1. The number of hydrogen-bond donors (Lipinski definition) is 2. The van der Waals surface area contributed by atoms with Gasteiger partial charge in [-0.3, -0.25) is 10.3 Å². The van der Waals surface area contributed by atoms with E-state index in [1.54, 1.807) is 31.6 Å². The number of aromatic nitrogens is 3. The number of ether oxygens (including phenoxy) is 2. The molecule has 8 nitrogen and oxygen atoms in total. The predicted molar refractivity (Wildman–Crippen MR) is 104 cm³/mol. The normalized spacial score (nSPS) is 10.4. The monoisotopic (exact) mass is 385 g/mol. The molecule has 0 aliphatic rings. The van der Waals surface area contributed by atoms with E-state index < -0.39 is 6.09 Å². The lowest BCUT2D eigenvalue weighted by atomic mass is 10.4. The first-order chi connectivity index (χ1) is 13.1. The molecule has 0 aliphatic carbocycles. The summed E-state index contributed by atoms with van der Waals surface area (Å²) in [7, 11) is 1.63. The van der Waals surface area contributed by atoms with Crippen LogP contribution in [0.1, 0.15) is 10.7 Å². The number of thiazole rings is 1. The van der Waals surface area contributed by atoms with Crippen LogP contribution in [-0.2, 0) is 11.2 Å². The molecule has 0 saturated heterocycles. The van der Waals surface area contributed by atoms with Crippen LogP contribution < -0.4 is 15.4 Å². The Morgan fingerprint density at radius 2 is 2.11 bits per heavy atom. The smallest absolute Gasteiger partial charge is 0.388 e. The average Bonchev–Trinajstić information content (AvgIpc) is 3.02. The summed E-state index contributed by atoms with van der Waals surface area (Å²) < 4.78 is 10.5. The first kappa shape index (κ1) is 18.7. The van der Waals surface area contributed by atoms with Crippen molar-refractivity contribution in [3.8, 4) is 5.88 Å². The number of anilines is 3. The van der Waals surface area contributed by atoms with Crippen LogP contribution in [0.15, 0.2) is 42.7 Å². The molecule has 9 heteroatoms. The molecular weight excluding hydrogens is 366 g/mol. The Balaban J connectivity index is 1.75. The van der Waals surface area contributed by atoms with Gasteiger partial charge in [0.15, 0.2) is 5.00 Å². The van der Waals surface area contributed by atoms with Crippen LogP contribution in [0.3, 0.4) is 0 Å². The zero-order chi connectivity index (χ0) is 19.1. The Labute approximate surface area is 160 Å². The van der Waals surface area contributed by atoms with Crippen LogP contribution in [0.2, 0.25) is 0 Å². The van der Waals surface area contributed by atoms with E-state index in [1.807, 2.05) is 25.1 Å². The van der Waals surface area contributed by atoms with E-state index in [2.05, 4.69) is 25.6 Å². The standard InChI is InChI=1S/C18H19N5O3S/c1-12-5-3-7-14(20-12)22-18(24)26-16-17(21-13-6-4-9-19-11-13)27-15(23-16)8-10-25-2/h3-7,9,11,21H,8,10H2,1-2H3,(H,20,22,24). The third kappa shape index (κ3) is 5.47. The molecule has 1 amide bonds. The number of hydrogen-bond acceptors (Lipinski definition) is 8. The molecular formula is C18H19N5O3S. The molecule has 0 unspecified atom stereocenters. The summed E-state index contributed by atoms with van der Waals surface area (Å²) in [5, 5.41) is 7.19. The van der Waals surface area contributed by atoms with Crippen LogP contribution in [0, 0.1) is 6.92 Å². The Kier molecular flexibility index (Phi) is 6.29. The van der Waals surface area contributed by atoms with Crippen molar-refractivity contribution in [1.82, 2.24) is 15.0 Å². The summed E-state index contributed by atoms with van der Waals surface area (Å²) in [5.41, 5.74) is 1.56. The fourth-order valence-corrected chi connectivity index (χ4v) is 3.08. The lowest BCUT2D eigenvalue weighted by Gasteiger charge is -2.07. The molecule has 0 aromatic carbocycles. The number of nitrogens with one attached hydrogen (secondary N) is 2. The molecule has 0 radical (unpaired) electrons. The number of nitrogens with zero attached hydrogens (tertiary/aromatic N) is 3. The maximum absolute atomic E-state index is 12.2. The fraction of sp³-hybridized carbons (Fsp3) is 0.222. The van der Waals surface area contributed by atoms with Gasteiger partial charge in [-0.25, -0.2) is 14.8 Å². The second-order valence-electron chi connectivity index (χ2n) is 5.53. The molecule has 0 aliphatic heterocycles. The molecule has 27 heavy (non-hydrogen) atoms. The molecule has 3 rings (SSSR count). The fourth-order valence-electron chi connectivity index (χ4n) is 2.19. The molecule has 0 saturated carbocycles. The summed E-state index contributed by atoms with van der Waals surface area (Å²) >= 11 is 1.39. The summed E-state index contributed by atoms with van der Waals surface area (Å²) in [6, 6.07) is 9.01. The van der Waals surface area contributed by atoms with E-state index in [9.17, 15) is 4.79 Å². The van der Waals surface area contributed by atoms with Crippen molar-refractivity contribution in [3.05, 3.63) is 53.4 Å². The van der Waals surface area contributed by atoms with Crippen molar-refractivity contribution < 1.29 is 14.3 Å². The van der Waals surface area contributed by atoms with Gasteiger partial charge in [0.1, 0.15) is 10.8 Å². The van der Waals surface area contributed by atoms with E-state index in [1.165, 1.54) is 11.3 Å². The Morgan fingerprint density at radius 3 is 2.85 bits per heavy atom. The summed E-state index contributed by atoms with van der Waals surface area (Å²) in [4.78, 5) is 24.9. The molecule has 3 aromatic rings. The van der Waals surface area contributed by atoms with E-state index in [-0.39, 0.29) is 5.88 Å². The number of amides is 1. The molecule has 3 aromatic heterocycles. The van der Waals surface area contributed by atoms with Gasteiger partial charge in [-0.1, -0.05) is 17.4 Å². The maximum Gasteiger partial charge on any atom is 0.419 e. The Hall–Kier alpha value is -3.04. The van der Waals surface area contributed by atoms with Crippen molar-refractivity contribution in [2.24, 2.45) is 0 Å². The van der Waals surface area contributed by atoms with E-state index in [4.69, 9.17) is 9.47 Å². The highest BCUT2D eigenvalue weighted by Gasteiger charge is 2.17. The zero-order valence-corrected chi connectivity index (χ0v) is 15.7. The number of aryl methyl sites for hydroxylation is 1. The minimum Gasteiger partial charge on any atom is -0.388 e. The lowest BCUT2D eigenvalue weighted by molar-refractivity contribution is 0.202. The van der Waals surface area contributed by atoms with Gasteiger partial charge >= 0.3 is 6.09 Å². The highest BCUT2D eigenvalue weighted by atomic mass is 32.1. The van der Waals surface area contributed by atoms with Crippen molar-refractivity contribution in [3.63, 3.8) is 0 Å². The second kappa shape index (κ2) is 9.06. The summed E-state index contributed by atoms with van der Waals surface area (Å²) in [5.74, 6) is 0.608. The van der Waals surface area contributed by atoms with Crippen molar-refractivity contribution in [1.29, 1.82) is 0 Å². The first-order valence-electron chi connectivity index (χ1n) is 8.22. The van der Waals surface area contributed by atoms with E-state index in [0.717, 1.165) is 16.4 Å². The van der Waals surface area contributed by atoms with Gasteiger partial charge in [-0.2, -0.15) is 0 Å². The second-order valence-corrected chi connectivity index (χ2v) is 6.61. The van der Waals surface area contributed by atoms with Gasteiger partial charge < -0.3 is 14.8 Å². The van der Waals surface area contributed by atoms with Crippen LogP contribution in [0.5, 0.6) is 5.88 Å². The third-order valence-corrected chi connectivity index (χ3v) is 4.40. The van der Waals surface area contributed by atoms with Gasteiger partial charge in [-0.05, 0) is 31.2 Å². The van der Waals surface area contributed by atoms with Gasteiger partial charge in [0, 0.05) is 25.4 Å². The minimum absolute atomic E-state index is 0.195. The molecule has 140 valence electrons. The maximum atomic E-state index is 12.2. The molecule has 0 fully saturated rings. The number of pyridine rings is 2. The average molecular weight is 385 g/mol. The van der Waals surface area contributed by atoms with Gasteiger partial charge in [0.05, 0.1) is 18.5 Å². The number of methoxy groups -OCH3 is 1. The summed E-state index contributed by atoms with van der Waals surface area (Å²) in [6.07, 6.45) is 3.31. The van der Waals surface area contributed by atoms with Crippen LogP contribution in [-0.4, -0.2) is 34.8 Å². The topological polar surface area (TPSA) is 98.3 Å². The van der Waals surface area contributed by atoms with E-state index in [0.29, 0.717) is 23.8 Å². The summed E-state index contributed by atoms with van der Waals surface area (Å²) in [6.45, 7) is 2.37. The third-order valence-electron chi connectivity index (χ3n) is 3.39. The number of carbonyl (C=O) groups is 1. The number of rotatable bonds is 7. The lowest BCUT2D eigenvalue weighted by Crippen LogP contribution is -2.18. The van der Waals surface area contributed by atoms with Crippen LogP contribution in [0.4, 0.5) is 21.3 Å². The first-order valence-corrected chi connectivity index (χ1v) is 9.04. The highest BCUT2D eigenvalue weighted by Crippen LogP contribution is 2.34. The van der Waals surface area contributed by atoms with Gasteiger partial charge in [0.2, 0.25) is 0 Å². The Bertz CT molecular complexity index is 901. The number of carbonyl (C=O) groups excluding carboxylic acids is 1. The highest BCUT2D eigenvalue weighted by molar-refractivity contribution is 7.16. The van der Waals surface area contributed by atoms with Crippen molar-refractivity contribution in [2.45, 2.75) is 13.3 Å². The minimum atomic E-state index is -0.661. The predicted octanol–water partition coefficient (Wildman–Crippen LogP) is 3.78. The van der Waals surface area contributed by atoms with Gasteiger partial charge in [0.25, 0.3) is 5.88 Å². The quantitative estimate of drug-likeness (QED) is 0.638. The Morgan fingerprint density at radius 1 is 1.22 bits per heavy atom. The van der Waals surface area contributed by atoms with Crippen molar-refractivity contribution >= 4 is 33.9 Å².